The van der Waals surface area contributed by atoms with Gasteiger partial charge in [0.2, 0.25) is 0 Å². The van der Waals surface area contributed by atoms with Gasteiger partial charge < -0.3 is 9.84 Å². The number of carbonyl (C=O) groups is 1. The number of ether oxygens (including phenoxy) is 1. The Bertz CT molecular complexity index is 404. The average molecular weight is 264 g/mol. The van der Waals surface area contributed by atoms with Gasteiger partial charge in [-0.15, -0.1) is 0 Å². The van der Waals surface area contributed by atoms with Gasteiger partial charge in [0.25, 0.3) is 0 Å². The summed E-state index contributed by atoms with van der Waals surface area (Å²) in [6.07, 6.45) is 5.53. The molecule has 0 aromatic carbocycles. The quantitative estimate of drug-likeness (QED) is 0.567. The lowest BCUT2D eigenvalue weighted by Crippen LogP contribution is -2.13. The molecule has 1 aliphatic heterocycles. The van der Waals surface area contributed by atoms with Crippen LogP contribution in [0.15, 0.2) is 35.5 Å². The molecule has 3 nitrogen and oxygen atoms in total. The molecule has 0 radical (unpaired) electrons. The van der Waals surface area contributed by atoms with Gasteiger partial charge in [0.1, 0.15) is 6.61 Å². The predicted octanol–water partition coefficient (Wildman–Crippen LogP) is 3.16. The third-order valence-electron chi connectivity index (χ3n) is 3.60. The second-order valence-corrected chi connectivity index (χ2v) is 5.40. The summed E-state index contributed by atoms with van der Waals surface area (Å²) in [7, 11) is 0. The predicted molar refractivity (Wildman–Crippen MR) is 76.6 cm³/mol. The van der Waals surface area contributed by atoms with Crippen LogP contribution in [-0.4, -0.2) is 23.8 Å². The fourth-order valence-corrected chi connectivity index (χ4v) is 1.90. The Labute approximate surface area is 115 Å². The molecular weight excluding hydrogens is 240 g/mol. The third-order valence-corrected chi connectivity index (χ3v) is 3.60. The molecule has 1 N–H and O–H groups in total. The minimum atomic E-state index is -0.415. The Hall–Kier alpha value is -1.35. The first-order valence-electron chi connectivity index (χ1n) is 6.76. The maximum absolute atomic E-state index is 10.9. The lowest BCUT2D eigenvalue weighted by molar-refractivity contribution is -0.134. The minimum absolute atomic E-state index is 0.244. The van der Waals surface area contributed by atoms with Crippen molar-refractivity contribution < 1.29 is 14.6 Å². The van der Waals surface area contributed by atoms with Gasteiger partial charge in [-0.2, -0.15) is 0 Å². The largest absolute Gasteiger partial charge is 0.458 e. The molecule has 0 saturated carbocycles. The number of hydrogen-bond acceptors (Lipinski definition) is 3. The van der Waals surface area contributed by atoms with E-state index in [9.17, 15) is 9.90 Å². The number of aliphatic hydroxyl groups excluding tert-OH is 1. The highest BCUT2D eigenvalue weighted by Crippen LogP contribution is 2.19. The van der Waals surface area contributed by atoms with Gasteiger partial charge in [-0.25, -0.2) is 4.79 Å². The van der Waals surface area contributed by atoms with Gasteiger partial charge in [-0.1, -0.05) is 25.2 Å². The van der Waals surface area contributed by atoms with Crippen LogP contribution in [0.3, 0.4) is 0 Å². The monoisotopic (exact) mass is 264 g/mol. The topological polar surface area (TPSA) is 46.5 Å². The summed E-state index contributed by atoms with van der Waals surface area (Å²) in [6.45, 7) is 10.3. The van der Waals surface area contributed by atoms with Crippen molar-refractivity contribution >= 4 is 5.97 Å². The van der Waals surface area contributed by atoms with Crippen LogP contribution in [-0.2, 0) is 9.53 Å². The van der Waals surface area contributed by atoms with Crippen LogP contribution in [0.25, 0.3) is 0 Å². The zero-order valence-electron chi connectivity index (χ0n) is 12.1. The Morgan fingerprint density at radius 3 is 2.79 bits per heavy atom. The number of aliphatic hydroxyl groups is 1. The molecule has 0 fully saturated rings. The summed E-state index contributed by atoms with van der Waals surface area (Å²) in [5, 5.41) is 10.1. The van der Waals surface area contributed by atoms with E-state index in [0.29, 0.717) is 18.9 Å². The van der Waals surface area contributed by atoms with Gasteiger partial charge in [0.15, 0.2) is 0 Å². The second kappa shape index (κ2) is 7.29. The van der Waals surface area contributed by atoms with E-state index < -0.39 is 6.10 Å². The zero-order valence-corrected chi connectivity index (χ0v) is 12.1. The molecule has 0 bridgehead atoms. The lowest BCUT2D eigenvalue weighted by atomic mass is 9.93. The van der Waals surface area contributed by atoms with E-state index in [1.807, 2.05) is 19.9 Å². The van der Waals surface area contributed by atoms with Crippen LogP contribution in [0.1, 0.15) is 40.0 Å². The van der Waals surface area contributed by atoms with Crippen LogP contribution in [0.2, 0.25) is 0 Å². The summed E-state index contributed by atoms with van der Waals surface area (Å²) >= 11 is 0. The fourth-order valence-electron chi connectivity index (χ4n) is 1.90. The van der Waals surface area contributed by atoms with Gasteiger partial charge >= 0.3 is 5.97 Å². The van der Waals surface area contributed by atoms with E-state index in [2.05, 4.69) is 13.5 Å². The molecule has 0 aromatic rings. The summed E-state index contributed by atoms with van der Waals surface area (Å²) in [5.74, 6) is 0.0768. The van der Waals surface area contributed by atoms with Crippen molar-refractivity contribution in [2.24, 2.45) is 5.92 Å². The Balaban J connectivity index is 2.37. The van der Waals surface area contributed by atoms with Crippen LogP contribution in [0.4, 0.5) is 0 Å². The normalized spacial score (nSPS) is 18.8. The van der Waals surface area contributed by atoms with E-state index in [1.54, 1.807) is 6.08 Å². The summed E-state index contributed by atoms with van der Waals surface area (Å²) in [5.41, 5.74) is 3.11. The van der Waals surface area contributed by atoms with Crippen molar-refractivity contribution in [2.75, 3.05) is 6.61 Å². The maximum atomic E-state index is 10.9. The van der Waals surface area contributed by atoms with E-state index in [-0.39, 0.29) is 5.97 Å². The number of rotatable bonds is 7. The van der Waals surface area contributed by atoms with Crippen LogP contribution < -0.4 is 0 Å². The van der Waals surface area contributed by atoms with Crippen molar-refractivity contribution in [3.05, 3.63) is 35.5 Å². The number of hydrogen-bond donors (Lipinski definition) is 1. The molecule has 19 heavy (non-hydrogen) atoms. The third kappa shape index (κ3) is 5.43. The van der Waals surface area contributed by atoms with Gasteiger partial charge in [-0.05, 0) is 50.2 Å². The van der Waals surface area contributed by atoms with Crippen molar-refractivity contribution in [3.63, 3.8) is 0 Å². The molecule has 106 valence electrons. The Kier molecular flexibility index (Phi) is 6.03. The molecule has 3 heteroatoms. The van der Waals surface area contributed by atoms with E-state index in [0.717, 1.165) is 29.6 Å². The first kappa shape index (κ1) is 15.7. The molecule has 0 aliphatic carbocycles. The van der Waals surface area contributed by atoms with Crippen molar-refractivity contribution in [2.45, 2.75) is 46.1 Å². The van der Waals surface area contributed by atoms with Crippen LogP contribution in [0.5, 0.6) is 0 Å². The first-order chi connectivity index (χ1) is 8.90. The molecular formula is C16H24O3. The first-order valence-corrected chi connectivity index (χ1v) is 6.76. The number of carbonyl (C=O) groups excluding carboxylic acids is 1. The van der Waals surface area contributed by atoms with Gasteiger partial charge in [0.05, 0.1) is 6.10 Å². The van der Waals surface area contributed by atoms with Gasteiger partial charge in [0, 0.05) is 6.08 Å². The highest BCUT2D eigenvalue weighted by Gasteiger charge is 2.13. The SMILES string of the molecule is C=C(C)C(C)CC(O)C(C)=CCCC1=CC(=O)OC1. The van der Waals surface area contributed by atoms with E-state index >= 15 is 0 Å². The maximum Gasteiger partial charge on any atom is 0.331 e. The number of esters is 1. The Morgan fingerprint density at radius 1 is 1.58 bits per heavy atom. The van der Waals surface area contributed by atoms with Crippen LogP contribution >= 0.6 is 0 Å². The standard InChI is InChI=1S/C16H24O3/c1-11(2)13(4)8-15(17)12(3)6-5-7-14-9-16(18)19-10-14/h6,9,13,15,17H,1,5,7-8,10H2,2-4H3. The highest BCUT2D eigenvalue weighted by molar-refractivity contribution is 5.85. The van der Waals surface area contributed by atoms with Crippen molar-refractivity contribution in [1.29, 1.82) is 0 Å². The van der Waals surface area contributed by atoms with Gasteiger partial charge in [-0.3, -0.25) is 0 Å². The molecule has 2 unspecified atom stereocenters. The minimum Gasteiger partial charge on any atom is -0.458 e. The van der Waals surface area contributed by atoms with E-state index in [1.165, 1.54) is 0 Å². The Morgan fingerprint density at radius 2 is 2.26 bits per heavy atom. The smallest absolute Gasteiger partial charge is 0.331 e. The molecule has 1 rings (SSSR count). The fraction of sp³-hybridized carbons (Fsp3) is 0.562. The molecule has 0 aromatic heterocycles. The molecule has 0 saturated heterocycles. The molecule has 2 atom stereocenters. The summed E-state index contributed by atoms with van der Waals surface area (Å²) in [6, 6.07) is 0. The molecule has 1 heterocycles. The number of allylic oxidation sites excluding steroid dienone is 2. The summed E-state index contributed by atoms with van der Waals surface area (Å²) < 4.78 is 4.84. The second-order valence-electron chi connectivity index (χ2n) is 5.40. The van der Waals surface area contributed by atoms with Crippen LogP contribution in [0, 0.1) is 5.92 Å². The van der Waals surface area contributed by atoms with Crippen molar-refractivity contribution in [3.8, 4) is 0 Å². The number of cyclic esters (lactones) is 1. The highest BCUT2D eigenvalue weighted by atomic mass is 16.5. The molecule has 0 amide bonds. The average Bonchev–Trinajstić information content (AvgIpc) is 2.74. The lowest BCUT2D eigenvalue weighted by Gasteiger charge is -2.17. The van der Waals surface area contributed by atoms with E-state index in [4.69, 9.17) is 4.74 Å². The molecule has 0 spiro atoms. The molecule has 1 aliphatic rings. The summed E-state index contributed by atoms with van der Waals surface area (Å²) in [4.78, 5) is 10.9. The zero-order chi connectivity index (χ0) is 14.4. The van der Waals surface area contributed by atoms with Crippen molar-refractivity contribution in [1.82, 2.24) is 0 Å².